The Morgan fingerprint density at radius 3 is 2.77 bits per heavy atom. The molecule has 3 amide bonds. The van der Waals surface area contributed by atoms with Crippen LogP contribution in [0, 0.1) is 6.92 Å². The quantitative estimate of drug-likeness (QED) is 0.637. The minimum absolute atomic E-state index is 0.334. The topological polar surface area (TPSA) is 71.1 Å². The molecule has 0 aliphatic carbocycles. The van der Waals surface area contributed by atoms with Crippen LogP contribution in [0.15, 0.2) is 5.38 Å². The fourth-order valence-corrected chi connectivity index (χ4v) is 1.94. The number of thiazole rings is 1. The minimum atomic E-state index is -0.605. The zero-order chi connectivity index (χ0) is 9.42. The van der Waals surface area contributed by atoms with Crippen LogP contribution < -0.4 is 10.6 Å². The number of nitrogens with one attached hydrogen (secondary N) is 2. The lowest BCUT2D eigenvalue weighted by Crippen LogP contribution is -2.22. The van der Waals surface area contributed by atoms with E-state index in [-0.39, 0.29) is 5.91 Å². The minimum Gasteiger partial charge on any atom is -0.320 e. The number of hydrogen-bond donors (Lipinski definition) is 2. The number of amides is 3. The van der Waals surface area contributed by atoms with Crippen LogP contribution in [0.3, 0.4) is 0 Å². The van der Waals surface area contributed by atoms with Crippen LogP contribution in [0.1, 0.15) is 16.7 Å². The molecule has 0 saturated carbocycles. The summed E-state index contributed by atoms with van der Waals surface area (Å²) in [5, 5.41) is 7.10. The van der Waals surface area contributed by atoms with Gasteiger partial charge >= 0.3 is 6.03 Å². The van der Waals surface area contributed by atoms with E-state index in [1.807, 2.05) is 12.3 Å². The second kappa shape index (κ2) is 2.81. The Morgan fingerprint density at radius 2 is 2.31 bits per heavy atom. The first-order valence-corrected chi connectivity index (χ1v) is 4.58. The molecular weight excluding hydrogens is 190 g/mol. The molecule has 1 atom stereocenters. The summed E-state index contributed by atoms with van der Waals surface area (Å²) in [5.41, 5.74) is 0.856. The van der Waals surface area contributed by atoms with Crippen molar-refractivity contribution >= 4 is 23.3 Å². The summed E-state index contributed by atoms with van der Waals surface area (Å²) in [6.07, 6.45) is 0. The van der Waals surface area contributed by atoms with Crippen molar-refractivity contribution in [2.45, 2.75) is 13.0 Å². The Balaban J connectivity index is 2.27. The maximum Gasteiger partial charge on any atom is 0.322 e. The Kier molecular flexibility index (Phi) is 1.77. The van der Waals surface area contributed by atoms with Gasteiger partial charge in [-0.2, -0.15) is 0 Å². The van der Waals surface area contributed by atoms with Crippen LogP contribution >= 0.6 is 11.3 Å². The average Bonchev–Trinajstić information content (AvgIpc) is 2.58. The summed E-state index contributed by atoms with van der Waals surface area (Å²) in [5.74, 6) is -0.334. The fraction of sp³-hybridized carbons (Fsp3) is 0.286. The Hall–Kier alpha value is -1.43. The van der Waals surface area contributed by atoms with Crippen molar-refractivity contribution in [2.24, 2.45) is 0 Å². The van der Waals surface area contributed by atoms with Crippen molar-refractivity contribution in [2.75, 3.05) is 0 Å². The van der Waals surface area contributed by atoms with Gasteiger partial charge in [-0.25, -0.2) is 9.78 Å². The molecule has 1 aliphatic heterocycles. The molecule has 0 spiro atoms. The molecule has 2 N–H and O–H groups in total. The summed E-state index contributed by atoms with van der Waals surface area (Å²) in [7, 11) is 0. The van der Waals surface area contributed by atoms with Gasteiger partial charge in [-0.1, -0.05) is 0 Å². The Labute approximate surface area is 78.2 Å². The number of carbonyl (C=O) groups is 2. The number of nitrogens with zero attached hydrogens (tertiary/aromatic N) is 1. The molecule has 1 saturated heterocycles. The van der Waals surface area contributed by atoms with Crippen molar-refractivity contribution in [3.8, 4) is 0 Å². The number of urea groups is 1. The molecule has 2 heterocycles. The molecule has 68 valence electrons. The lowest BCUT2D eigenvalue weighted by molar-refractivity contribution is -0.120. The third-order valence-electron chi connectivity index (χ3n) is 1.66. The van der Waals surface area contributed by atoms with Crippen LogP contribution in [-0.4, -0.2) is 16.9 Å². The fourth-order valence-electron chi connectivity index (χ4n) is 1.10. The van der Waals surface area contributed by atoms with Crippen LogP contribution in [0.4, 0.5) is 4.79 Å². The van der Waals surface area contributed by atoms with Crippen LogP contribution in [0.2, 0.25) is 0 Å². The number of aromatic nitrogens is 1. The second-order valence-electron chi connectivity index (χ2n) is 2.72. The van der Waals surface area contributed by atoms with Gasteiger partial charge in [-0.3, -0.25) is 10.1 Å². The number of aryl methyl sites for hydroxylation is 1. The summed E-state index contributed by atoms with van der Waals surface area (Å²) in [6.45, 7) is 1.84. The number of carbonyl (C=O) groups excluding carboxylic acids is 2. The first-order valence-electron chi connectivity index (χ1n) is 3.70. The number of imide groups is 1. The second-order valence-corrected chi connectivity index (χ2v) is 3.61. The highest BCUT2D eigenvalue weighted by molar-refractivity contribution is 7.09. The van der Waals surface area contributed by atoms with Crippen molar-refractivity contribution in [1.29, 1.82) is 0 Å². The normalized spacial score (nSPS) is 21.5. The molecule has 1 aromatic heterocycles. The van der Waals surface area contributed by atoms with Crippen LogP contribution in [0.25, 0.3) is 0 Å². The van der Waals surface area contributed by atoms with Gasteiger partial charge in [0.15, 0.2) is 6.04 Å². The van der Waals surface area contributed by atoms with E-state index in [4.69, 9.17) is 0 Å². The predicted molar refractivity (Wildman–Crippen MR) is 46.3 cm³/mol. The summed E-state index contributed by atoms with van der Waals surface area (Å²) >= 11 is 1.37. The lowest BCUT2D eigenvalue weighted by atomic mass is 10.3. The predicted octanol–water partition coefficient (Wildman–Crippen LogP) is 0.332. The Morgan fingerprint density at radius 1 is 1.54 bits per heavy atom. The summed E-state index contributed by atoms with van der Waals surface area (Å²) in [4.78, 5) is 26.1. The van der Waals surface area contributed by atoms with Gasteiger partial charge in [0.2, 0.25) is 0 Å². The van der Waals surface area contributed by atoms with Gasteiger partial charge in [0.25, 0.3) is 5.91 Å². The third kappa shape index (κ3) is 1.40. The maximum atomic E-state index is 11.2. The molecule has 2 rings (SSSR count). The highest BCUT2D eigenvalue weighted by Crippen LogP contribution is 2.20. The summed E-state index contributed by atoms with van der Waals surface area (Å²) in [6, 6.07) is -1.06. The number of hydrogen-bond acceptors (Lipinski definition) is 4. The molecule has 1 aliphatic rings. The van der Waals surface area contributed by atoms with Gasteiger partial charge in [0.05, 0.1) is 0 Å². The first kappa shape index (κ1) is 8.18. The third-order valence-corrected chi connectivity index (χ3v) is 2.69. The van der Waals surface area contributed by atoms with Crippen molar-refractivity contribution in [1.82, 2.24) is 15.6 Å². The van der Waals surface area contributed by atoms with E-state index in [1.165, 1.54) is 11.3 Å². The van der Waals surface area contributed by atoms with Gasteiger partial charge < -0.3 is 5.32 Å². The Bertz CT molecular complexity index is 374. The van der Waals surface area contributed by atoms with E-state index in [1.54, 1.807) is 0 Å². The van der Waals surface area contributed by atoms with E-state index in [0.29, 0.717) is 5.01 Å². The summed E-state index contributed by atoms with van der Waals surface area (Å²) < 4.78 is 0. The molecule has 13 heavy (non-hydrogen) atoms. The zero-order valence-electron chi connectivity index (χ0n) is 6.83. The molecule has 0 bridgehead atoms. The highest BCUT2D eigenvalue weighted by Gasteiger charge is 2.32. The van der Waals surface area contributed by atoms with Gasteiger partial charge in [0, 0.05) is 11.1 Å². The zero-order valence-corrected chi connectivity index (χ0v) is 7.64. The van der Waals surface area contributed by atoms with Crippen LogP contribution in [0.5, 0.6) is 0 Å². The highest BCUT2D eigenvalue weighted by atomic mass is 32.1. The smallest absolute Gasteiger partial charge is 0.320 e. The monoisotopic (exact) mass is 197 g/mol. The molecule has 5 nitrogen and oxygen atoms in total. The molecule has 1 aromatic rings. The van der Waals surface area contributed by atoms with Crippen LogP contribution in [-0.2, 0) is 4.79 Å². The van der Waals surface area contributed by atoms with Gasteiger partial charge in [0.1, 0.15) is 5.01 Å². The molecular formula is C7H7N3O2S. The largest absolute Gasteiger partial charge is 0.322 e. The van der Waals surface area contributed by atoms with E-state index in [0.717, 1.165) is 5.69 Å². The van der Waals surface area contributed by atoms with Crippen molar-refractivity contribution < 1.29 is 9.59 Å². The first-order chi connectivity index (χ1) is 6.16. The maximum absolute atomic E-state index is 11.2. The standard InChI is InChI=1S/C7H7N3O2S/c1-3-2-13-6(8-3)4-5(11)10-7(12)9-4/h2,4H,1H3,(H2,9,10,11,12). The van der Waals surface area contributed by atoms with E-state index < -0.39 is 12.1 Å². The molecule has 0 radical (unpaired) electrons. The SMILES string of the molecule is Cc1csc(C2NC(=O)NC2=O)n1. The lowest BCUT2D eigenvalue weighted by Gasteiger charge is -2.00. The van der Waals surface area contributed by atoms with E-state index >= 15 is 0 Å². The molecule has 0 aromatic carbocycles. The average molecular weight is 197 g/mol. The van der Waals surface area contributed by atoms with E-state index in [2.05, 4.69) is 15.6 Å². The molecule has 6 heteroatoms. The van der Waals surface area contributed by atoms with Gasteiger partial charge in [-0.05, 0) is 6.92 Å². The molecule has 1 unspecified atom stereocenters. The van der Waals surface area contributed by atoms with Crippen molar-refractivity contribution in [3.63, 3.8) is 0 Å². The number of rotatable bonds is 1. The van der Waals surface area contributed by atoms with E-state index in [9.17, 15) is 9.59 Å². The molecule has 1 fully saturated rings. The van der Waals surface area contributed by atoms with Crippen molar-refractivity contribution in [3.05, 3.63) is 16.1 Å². The van der Waals surface area contributed by atoms with Gasteiger partial charge in [-0.15, -0.1) is 11.3 Å².